The van der Waals surface area contributed by atoms with Gasteiger partial charge in [-0.2, -0.15) is 0 Å². The van der Waals surface area contributed by atoms with Crippen molar-refractivity contribution in [1.29, 1.82) is 0 Å². The van der Waals surface area contributed by atoms with E-state index in [1.807, 2.05) is 0 Å². The molecule has 0 bridgehead atoms. The molecule has 1 aromatic heterocycles. The van der Waals surface area contributed by atoms with Crippen LogP contribution < -0.4 is 5.32 Å². The molecule has 2 aromatic rings. The number of amides is 2. The number of aromatic hydroxyl groups is 1. The van der Waals surface area contributed by atoms with E-state index in [4.69, 9.17) is 4.84 Å². The zero-order chi connectivity index (χ0) is 17.1. The number of hydrogen-bond acceptors (Lipinski definition) is 5. The quantitative estimate of drug-likeness (QED) is 0.745. The van der Waals surface area contributed by atoms with Crippen LogP contribution in [0.1, 0.15) is 23.0 Å². The molecule has 24 heavy (non-hydrogen) atoms. The molecule has 8 nitrogen and oxygen atoms in total. The van der Waals surface area contributed by atoms with Gasteiger partial charge in [-0.3, -0.25) is 14.4 Å². The summed E-state index contributed by atoms with van der Waals surface area (Å²) in [6.07, 6.45) is 3.33. The Morgan fingerprint density at radius 3 is 2.96 bits per heavy atom. The average molecular weight is 330 g/mol. The zero-order valence-corrected chi connectivity index (χ0v) is 13.1. The summed E-state index contributed by atoms with van der Waals surface area (Å²) in [5, 5.41) is 13.6. The van der Waals surface area contributed by atoms with Crippen LogP contribution in [0.4, 0.5) is 0 Å². The second-order valence-electron chi connectivity index (χ2n) is 5.55. The predicted octanol–water partition coefficient (Wildman–Crippen LogP) is 0.619. The van der Waals surface area contributed by atoms with Crippen LogP contribution in [0.25, 0.3) is 0 Å². The van der Waals surface area contributed by atoms with Crippen molar-refractivity contribution in [2.75, 3.05) is 6.54 Å². The smallest absolute Gasteiger partial charge is 0.271 e. The molecule has 1 fully saturated rings. The highest BCUT2D eigenvalue weighted by molar-refractivity contribution is 5.99. The fraction of sp³-hybridized carbons (Fsp3) is 0.312. The maximum atomic E-state index is 12.4. The molecule has 1 aliphatic heterocycles. The van der Waals surface area contributed by atoms with E-state index < -0.39 is 18.1 Å². The van der Waals surface area contributed by atoms with Gasteiger partial charge >= 0.3 is 0 Å². The number of carbonyl (C=O) groups is 2. The Balaban J connectivity index is 1.62. The highest BCUT2D eigenvalue weighted by atomic mass is 16.7. The third-order valence-electron chi connectivity index (χ3n) is 3.85. The van der Waals surface area contributed by atoms with Crippen molar-refractivity contribution in [3.63, 3.8) is 0 Å². The van der Waals surface area contributed by atoms with Crippen molar-refractivity contribution in [3.05, 3.63) is 48.0 Å². The first-order valence-corrected chi connectivity index (χ1v) is 7.60. The first kappa shape index (κ1) is 16.0. The van der Waals surface area contributed by atoms with Crippen molar-refractivity contribution < 1.29 is 19.5 Å². The molecule has 0 saturated carbocycles. The molecule has 2 amide bonds. The number of carbonyl (C=O) groups excluding carboxylic acids is 2. The normalized spacial score (nSPS) is 20.4. The van der Waals surface area contributed by atoms with Gasteiger partial charge in [-0.05, 0) is 19.1 Å². The van der Waals surface area contributed by atoms with Gasteiger partial charge in [-0.25, -0.2) is 10.0 Å². The van der Waals surface area contributed by atoms with Crippen LogP contribution in [0, 0.1) is 0 Å². The predicted molar refractivity (Wildman–Crippen MR) is 83.9 cm³/mol. The summed E-state index contributed by atoms with van der Waals surface area (Å²) in [7, 11) is 0. The van der Waals surface area contributed by atoms with E-state index in [9.17, 15) is 14.7 Å². The number of phenols is 1. The number of hydrogen-bond donors (Lipinski definition) is 3. The number of hydroxylamine groups is 2. The molecule has 0 aliphatic carbocycles. The number of nitrogens with zero attached hydrogens (tertiary/aromatic N) is 2. The van der Waals surface area contributed by atoms with Gasteiger partial charge < -0.3 is 15.4 Å². The lowest BCUT2D eigenvalue weighted by molar-refractivity contribution is -0.170. The van der Waals surface area contributed by atoms with Crippen LogP contribution in [-0.4, -0.2) is 50.6 Å². The third kappa shape index (κ3) is 3.23. The van der Waals surface area contributed by atoms with Crippen LogP contribution in [0.15, 0.2) is 36.8 Å². The minimum absolute atomic E-state index is 0.119. The van der Waals surface area contributed by atoms with Gasteiger partial charge in [-0.1, -0.05) is 12.1 Å². The molecular formula is C16H18N4O4. The Labute approximate surface area is 138 Å². The second-order valence-corrected chi connectivity index (χ2v) is 5.55. The maximum absolute atomic E-state index is 12.4. The van der Waals surface area contributed by atoms with Gasteiger partial charge in [0.1, 0.15) is 17.9 Å². The fourth-order valence-corrected chi connectivity index (χ4v) is 2.54. The Morgan fingerprint density at radius 1 is 1.46 bits per heavy atom. The van der Waals surface area contributed by atoms with Crippen LogP contribution in [0.3, 0.4) is 0 Å². The van der Waals surface area contributed by atoms with Crippen molar-refractivity contribution in [2.45, 2.75) is 25.5 Å². The van der Waals surface area contributed by atoms with Crippen LogP contribution >= 0.6 is 0 Å². The SMILES string of the molecule is CC1ON(CCc2cnc[nH]2)C(=O)C1NC(=O)c1ccccc1O. The van der Waals surface area contributed by atoms with Crippen molar-refractivity contribution in [3.8, 4) is 5.75 Å². The summed E-state index contributed by atoms with van der Waals surface area (Å²) < 4.78 is 0. The number of para-hydroxylation sites is 1. The molecule has 2 heterocycles. The number of nitrogens with one attached hydrogen (secondary N) is 2. The molecule has 3 rings (SSSR count). The van der Waals surface area contributed by atoms with Crippen molar-refractivity contribution in [2.24, 2.45) is 0 Å². The number of imidazole rings is 1. The zero-order valence-electron chi connectivity index (χ0n) is 13.1. The van der Waals surface area contributed by atoms with E-state index in [0.717, 1.165) is 5.69 Å². The standard InChI is InChI=1S/C16H18N4O4/c1-10-14(19-15(22)12-4-2-3-5-13(12)21)16(23)20(24-10)7-6-11-8-17-9-18-11/h2-5,8-10,14,21H,6-7H2,1H3,(H,17,18)(H,19,22). The number of rotatable bonds is 5. The minimum atomic E-state index is -0.793. The summed E-state index contributed by atoms with van der Waals surface area (Å²) >= 11 is 0. The summed E-state index contributed by atoms with van der Waals surface area (Å²) in [5.41, 5.74) is 1.01. The molecule has 1 aliphatic rings. The van der Waals surface area contributed by atoms with Crippen LogP contribution in [0.2, 0.25) is 0 Å². The van der Waals surface area contributed by atoms with Crippen molar-refractivity contribution >= 4 is 11.8 Å². The molecule has 8 heteroatoms. The Morgan fingerprint density at radius 2 is 2.25 bits per heavy atom. The number of benzene rings is 1. The molecular weight excluding hydrogens is 312 g/mol. The fourth-order valence-electron chi connectivity index (χ4n) is 2.54. The van der Waals surface area contributed by atoms with Crippen LogP contribution in [0.5, 0.6) is 5.75 Å². The second kappa shape index (κ2) is 6.71. The van der Waals surface area contributed by atoms with E-state index >= 15 is 0 Å². The molecule has 3 N–H and O–H groups in total. The summed E-state index contributed by atoms with van der Waals surface area (Å²) in [4.78, 5) is 37.1. The Bertz CT molecular complexity index is 731. The van der Waals surface area contributed by atoms with Gasteiger partial charge in [0, 0.05) is 18.3 Å². The maximum Gasteiger partial charge on any atom is 0.271 e. The van der Waals surface area contributed by atoms with E-state index in [1.54, 1.807) is 31.6 Å². The Hall–Kier alpha value is -2.87. The topological polar surface area (TPSA) is 108 Å². The van der Waals surface area contributed by atoms with E-state index in [1.165, 1.54) is 17.2 Å². The van der Waals surface area contributed by atoms with Gasteiger partial charge in [0.25, 0.3) is 11.8 Å². The van der Waals surface area contributed by atoms with E-state index in [2.05, 4.69) is 15.3 Å². The van der Waals surface area contributed by atoms with Crippen LogP contribution in [-0.2, 0) is 16.1 Å². The molecule has 126 valence electrons. The lowest BCUT2D eigenvalue weighted by atomic mass is 10.1. The first-order valence-electron chi connectivity index (χ1n) is 7.60. The number of aromatic nitrogens is 2. The Kier molecular flexibility index (Phi) is 4.48. The van der Waals surface area contributed by atoms with Gasteiger partial charge in [0.15, 0.2) is 0 Å². The highest BCUT2D eigenvalue weighted by Gasteiger charge is 2.40. The summed E-state index contributed by atoms with van der Waals surface area (Å²) in [5.74, 6) is -0.965. The van der Waals surface area contributed by atoms with Gasteiger partial charge in [0.05, 0.1) is 18.4 Å². The third-order valence-corrected chi connectivity index (χ3v) is 3.85. The van der Waals surface area contributed by atoms with Crippen molar-refractivity contribution in [1.82, 2.24) is 20.3 Å². The largest absolute Gasteiger partial charge is 0.507 e. The molecule has 0 spiro atoms. The lowest BCUT2D eigenvalue weighted by Crippen LogP contribution is -2.45. The highest BCUT2D eigenvalue weighted by Crippen LogP contribution is 2.19. The number of phenolic OH excluding ortho intramolecular Hbond substituents is 1. The lowest BCUT2D eigenvalue weighted by Gasteiger charge is -2.14. The molecule has 2 unspecified atom stereocenters. The van der Waals surface area contributed by atoms with Gasteiger partial charge in [-0.15, -0.1) is 0 Å². The number of aromatic amines is 1. The molecule has 1 aromatic carbocycles. The average Bonchev–Trinajstić information content (AvgIpc) is 3.17. The van der Waals surface area contributed by atoms with E-state index in [0.29, 0.717) is 13.0 Å². The first-order chi connectivity index (χ1) is 11.6. The summed E-state index contributed by atoms with van der Waals surface area (Å²) in [6.45, 7) is 2.07. The number of H-pyrrole nitrogens is 1. The molecule has 2 atom stereocenters. The molecule has 1 saturated heterocycles. The monoisotopic (exact) mass is 330 g/mol. The molecule has 0 radical (unpaired) electrons. The summed E-state index contributed by atoms with van der Waals surface area (Å²) in [6, 6.07) is 5.38. The van der Waals surface area contributed by atoms with Gasteiger partial charge in [0.2, 0.25) is 0 Å². The van der Waals surface area contributed by atoms with E-state index in [-0.39, 0.29) is 17.2 Å². The minimum Gasteiger partial charge on any atom is -0.507 e.